The predicted molar refractivity (Wildman–Crippen MR) is 92.3 cm³/mol. The highest BCUT2D eigenvalue weighted by molar-refractivity contribution is 8.23. The number of hydrogen-bond donors (Lipinski definition) is 1. The molecule has 0 bridgehead atoms. The van der Waals surface area contributed by atoms with Gasteiger partial charge in [0.15, 0.2) is 0 Å². The van der Waals surface area contributed by atoms with Crippen molar-refractivity contribution < 1.29 is 14.3 Å². The molecule has 0 saturated carbocycles. The standard InChI is InChI=1S/C15H18N2O3S2/c1-20-14(19)11-6-2-3-7-12(11)16-13(18)10-22-15(21)17-8-4-5-9-17/h2-3,6-7H,4-5,8-10H2,1H3,(H,16,18). The van der Waals surface area contributed by atoms with Crippen LogP contribution in [-0.4, -0.2) is 47.0 Å². The second-order valence-corrected chi connectivity index (χ2v) is 6.44. The Hall–Kier alpha value is -1.60. The van der Waals surface area contributed by atoms with E-state index in [2.05, 4.69) is 10.2 Å². The van der Waals surface area contributed by atoms with Crippen LogP contribution in [0.3, 0.4) is 0 Å². The number of rotatable bonds is 4. The molecule has 1 N–H and O–H groups in total. The summed E-state index contributed by atoms with van der Waals surface area (Å²) < 4.78 is 5.46. The van der Waals surface area contributed by atoms with Crippen molar-refractivity contribution in [1.82, 2.24) is 4.90 Å². The van der Waals surface area contributed by atoms with Crippen molar-refractivity contribution in [2.75, 3.05) is 31.3 Å². The summed E-state index contributed by atoms with van der Waals surface area (Å²) in [5.41, 5.74) is 0.789. The molecule has 1 fully saturated rings. The van der Waals surface area contributed by atoms with Crippen LogP contribution >= 0.6 is 24.0 Å². The third-order valence-corrected chi connectivity index (χ3v) is 4.82. The third-order valence-electron chi connectivity index (χ3n) is 3.30. The first-order valence-corrected chi connectivity index (χ1v) is 8.40. The lowest BCUT2D eigenvalue weighted by molar-refractivity contribution is -0.113. The largest absolute Gasteiger partial charge is 0.465 e. The molecule has 0 atom stereocenters. The third kappa shape index (κ3) is 4.45. The summed E-state index contributed by atoms with van der Waals surface area (Å²) in [6.07, 6.45) is 2.30. The van der Waals surface area contributed by atoms with Gasteiger partial charge in [-0.15, -0.1) is 0 Å². The molecular formula is C15H18N2O3S2. The lowest BCUT2D eigenvalue weighted by atomic mass is 10.2. The van der Waals surface area contributed by atoms with Gasteiger partial charge < -0.3 is 15.0 Å². The molecule has 1 amide bonds. The highest BCUT2D eigenvalue weighted by atomic mass is 32.2. The van der Waals surface area contributed by atoms with E-state index in [9.17, 15) is 9.59 Å². The van der Waals surface area contributed by atoms with E-state index in [1.165, 1.54) is 18.9 Å². The Labute approximate surface area is 139 Å². The maximum absolute atomic E-state index is 12.0. The zero-order chi connectivity index (χ0) is 15.9. The van der Waals surface area contributed by atoms with Gasteiger partial charge in [-0.05, 0) is 25.0 Å². The van der Waals surface area contributed by atoms with E-state index in [4.69, 9.17) is 17.0 Å². The number of amides is 1. The molecule has 2 rings (SSSR count). The molecule has 0 aromatic heterocycles. The lowest BCUT2D eigenvalue weighted by Crippen LogP contribution is -2.25. The van der Waals surface area contributed by atoms with Gasteiger partial charge in [0.05, 0.1) is 24.1 Å². The van der Waals surface area contributed by atoms with Crippen LogP contribution in [0.2, 0.25) is 0 Å². The van der Waals surface area contributed by atoms with Crippen molar-refractivity contribution in [3.05, 3.63) is 29.8 Å². The summed E-state index contributed by atoms with van der Waals surface area (Å²) in [5, 5.41) is 2.73. The van der Waals surface area contributed by atoms with E-state index in [0.29, 0.717) is 11.3 Å². The van der Waals surface area contributed by atoms with Crippen LogP contribution in [0.4, 0.5) is 5.69 Å². The van der Waals surface area contributed by atoms with Crippen molar-refractivity contribution in [2.24, 2.45) is 0 Å². The van der Waals surface area contributed by atoms with Crippen LogP contribution in [0.15, 0.2) is 24.3 Å². The molecule has 0 radical (unpaired) electrons. The number of ether oxygens (including phenoxy) is 1. The number of thioether (sulfide) groups is 1. The SMILES string of the molecule is COC(=O)c1ccccc1NC(=O)CSC(=S)N1CCCC1. The van der Waals surface area contributed by atoms with Crippen LogP contribution in [0.5, 0.6) is 0 Å². The van der Waals surface area contributed by atoms with Gasteiger partial charge in [-0.25, -0.2) is 4.79 Å². The molecule has 1 saturated heterocycles. The zero-order valence-electron chi connectivity index (χ0n) is 12.3. The molecule has 1 aromatic carbocycles. The Kier molecular flexibility index (Phi) is 6.21. The van der Waals surface area contributed by atoms with Crippen LogP contribution in [0, 0.1) is 0 Å². The first-order chi connectivity index (χ1) is 10.6. The summed E-state index contributed by atoms with van der Waals surface area (Å²) in [6.45, 7) is 1.94. The second kappa shape index (κ2) is 8.14. The number of nitrogens with zero attached hydrogens (tertiary/aromatic N) is 1. The van der Waals surface area contributed by atoms with Crippen molar-refractivity contribution in [3.8, 4) is 0 Å². The van der Waals surface area contributed by atoms with Gasteiger partial charge in [0.2, 0.25) is 5.91 Å². The smallest absolute Gasteiger partial charge is 0.339 e. The minimum atomic E-state index is -0.476. The Morgan fingerprint density at radius 3 is 2.68 bits per heavy atom. The van der Waals surface area contributed by atoms with Crippen molar-refractivity contribution >= 4 is 45.9 Å². The molecule has 1 heterocycles. The summed E-state index contributed by atoms with van der Waals surface area (Å²) in [4.78, 5) is 25.8. The number of thiocarbonyl (C=S) groups is 1. The number of methoxy groups -OCH3 is 1. The minimum Gasteiger partial charge on any atom is -0.465 e. The van der Waals surface area contributed by atoms with Crippen LogP contribution in [0.1, 0.15) is 23.2 Å². The maximum atomic E-state index is 12.0. The second-order valence-electron chi connectivity index (χ2n) is 4.83. The molecule has 22 heavy (non-hydrogen) atoms. The highest BCUT2D eigenvalue weighted by Crippen LogP contribution is 2.18. The molecule has 0 unspecified atom stereocenters. The van der Waals surface area contributed by atoms with Gasteiger partial charge in [0, 0.05) is 13.1 Å². The molecule has 0 spiro atoms. The fourth-order valence-electron chi connectivity index (χ4n) is 2.18. The molecular weight excluding hydrogens is 320 g/mol. The quantitative estimate of drug-likeness (QED) is 0.672. The average Bonchev–Trinajstić information content (AvgIpc) is 3.07. The zero-order valence-corrected chi connectivity index (χ0v) is 14.0. The van der Waals surface area contributed by atoms with Crippen LogP contribution in [0.25, 0.3) is 0 Å². The molecule has 118 valence electrons. The van der Waals surface area contributed by atoms with Gasteiger partial charge in [0.25, 0.3) is 0 Å². The normalized spacial score (nSPS) is 13.8. The molecule has 5 nitrogen and oxygen atoms in total. The molecule has 7 heteroatoms. The number of likely N-dealkylation sites (tertiary alicyclic amines) is 1. The Morgan fingerprint density at radius 2 is 2.00 bits per heavy atom. The number of carbonyl (C=O) groups is 2. The fourth-order valence-corrected chi connectivity index (χ4v) is 3.24. The number of para-hydroxylation sites is 1. The monoisotopic (exact) mass is 338 g/mol. The summed E-state index contributed by atoms with van der Waals surface area (Å²) in [5.74, 6) is -0.441. The topological polar surface area (TPSA) is 58.6 Å². The number of anilines is 1. The van der Waals surface area contributed by atoms with Crippen LogP contribution < -0.4 is 5.32 Å². The predicted octanol–water partition coefficient (Wildman–Crippen LogP) is 2.53. The number of nitrogens with one attached hydrogen (secondary N) is 1. The van der Waals surface area contributed by atoms with Gasteiger partial charge in [-0.3, -0.25) is 4.79 Å². The summed E-state index contributed by atoms with van der Waals surface area (Å²) in [7, 11) is 1.31. The van der Waals surface area contributed by atoms with E-state index < -0.39 is 5.97 Å². The number of benzene rings is 1. The molecule has 0 aliphatic carbocycles. The first kappa shape index (κ1) is 16.8. The van der Waals surface area contributed by atoms with E-state index >= 15 is 0 Å². The van der Waals surface area contributed by atoms with Crippen LogP contribution in [-0.2, 0) is 9.53 Å². The van der Waals surface area contributed by atoms with Gasteiger partial charge >= 0.3 is 5.97 Å². The van der Waals surface area contributed by atoms with E-state index in [0.717, 1.165) is 30.3 Å². The first-order valence-electron chi connectivity index (χ1n) is 7.00. The minimum absolute atomic E-state index is 0.192. The number of carbonyl (C=O) groups excluding carboxylic acids is 2. The summed E-state index contributed by atoms with van der Waals surface area (Å²) in [6, 6.07) is 6.76. The van der Waals surface area contributed by atoms with E-state index in [1.54, 1.807) is 24.3 Å². The fraction of sp³-hybridized carbons (Fsp3) is 0.400. The lowest BCUT2D eigenvalue weighted by Gasteiger charge is -2.17. The number of esters is 1. The summed E-state index contributed by atoms with van der Waals surface area (Å²) >= 11 is 6.67. The van der Waals surface area contributed by atoms with E-state index in [1.807, 2.05) is 0 Å². The van der Waals surface area contributed by atoms with Gasteiger partial charge in [0.1, 0.15) is 4.32 Å². The number of hydrogen-bond acceptors (Lipinski definition) is 5. The van der Waals surface area contributed by atoms with E-state index in [-0.39, 0.29) is 11.7 Å². The van der Waals surface area contributed by atoms with Gasteiger partial charge in [-0.1, -0.05) is 36.1 Å². The Bertz CT molecular complexity index is 572. The molecule has 1 aliphatic rings. The molecule has 1 aliphatic heterocycles. The Morgan fingerprint density at radius 1 is 1.32 bits per heavy atom. The van der Waals surface area contributed by atoms with Crippen molar-refractivity contribution in [2.45, 2.75) is 12.8 Å². The van der Waals surface area contributed by atoms with Crippen molar-refractivity contribution in [1.29, 1.82) is 0 Å². The Balaban J connectivity index is 1.89. The highest BCUT2D eigenvalue weighted by Gasteiger charge is 2.17. The molecule has 1 aromatic rings. The van der Waals surface area contributed by atoms with Crippen molar-refractivity contribution in [3.63, 3.8) is 0 Å². The van der Waals surface area contributed by atoms with Gasteiger partial charge in [-0.2, -0.15) is 0 Å². The average molecular weight is 338 g/mol. The maximum Gasteiger partial charge on any atom is 0.339 e.